The molecular formula is C20H21ClN2O2S. The molecule has 0 aliphatic carbocycles. The van der Waals surface area contributed by atoms with Crippen LogP contribution in [-0.4, -0.2) is 17.4 Å². The Morgan fingerprint density at radius 2 is 2.00 bits per heavy atom. The van der Waals surface area contributed by atoms with Gasteiger partial charge in [0.25, 0.3) is 0 Å². The fourth-order valence-electron chi connectivity index (χ4n) is 2.66. The Bertz CT molecular complexity index is 845. The summed E-state index contributed by atoms with van der Waals surface area (Å²) in [5.74, 6) is 0.842. The van der Waals surface area contributed by atoms with Crippen molar-refractivity contribution >= 4 is 34.5 Å². The maximum Gasteiger partial charge on any atom is 0.225 e. The highest BCUT2D eigenvalue weighted by Crippen LogP contribution is 2.21. The van der Waals surface area contributed by atoms with E-state index in [1.165, 1.54) is 9.75 Å². The normalized spacial score (nSPS) is 11.0. The number of furan rings is 1. The van der Waals surface area contributed by atoms with Crippen LogP contribution in [-0.2, 0) is 17.9 Å². The van der Waals surface area contributed by atoms with Gasteiger partial charge in [0, 0.05) is 29.3 Å². The molecule has 0 spiro atoms. The summed E-state index contributed by atoms with van der Waals surface area (Å²) in [5, 5.41) is 3.42. The number of hydrogen-bond acceptors (Lipinski definition) is 4. The smallest absolute Gasteiger partial charge is 0.225 e. The van der Waals surface area contributed by atoms with Crippen molar-refractivity contribution in [3.8, 4) is 0 Å². The number of carbonyl (C=O) groups is 1. The van der Waals surface area contributed by atoms with Crippen LogP contribution in [0.25, 0.3) is 0 Å². The Kier molecular flexibility index (Phi) is 6.50. The van der Waals surface area contributed by atoms with Crippen molar-refractivity contribution in [1.82, 2.24) is 4.90 Å². The quantitative estimate of drug-likeness (QED) is 0.567. The molecule has 0 fully saturated rings. The Hall–Kier alpha value is -2.08. The third kappa shape index (κ3) is 5.46. The molecule has 0 aliphatic heterocycles. The van der Waals surface area contributed by atoms with Crippen LogP contribution in [0.2, 0.25) is 5.02 Å². The zero-order valence-corrected chi connectivity index (χ0v) is 16.1. The minimum Gasteiger partial charge on any atom is -0.468 e. The van der Waals surface area contributed by atoms with Gasteiger partial charge in [0.05, 0.1) is 23.5 Å². The molecule has 0 radical (unpaired) electrons. The first-order valence-electron chi connectivity index (χ1n) is 8.44. The summed E-state index contributed by atoms with van der Waals surface area (Å²) < 4.78 is 5.47. The molecule has 2 aromatic heterocycles. The first-order chi connectivity index (χ1) is 12.6. The summed E-state index contributed by atoms with van der Waals surface area (Å²) in [5.41, 5.74) is 0.644. The summed E-state index contributed by atoms with van der Waals surface area (Å²) in [7, 11) is 0. The van der Waals surface area contributed by atoms with Gasteiger partial charge in [0.15, 0.2) is 0 Å². The van der Waals surface area contributed by atoms with E-state index < -0.39 is 0 Å². The van der Waals surface area contributed by atoms with Crippen LogP contribution < -0.4 is 5.32 Å². The predicted molar refractivity (Wildman–Crippen MR) is 107 cm³/mol. The maximum absolute atomic E-state index is 12.3. The van der Waals surface area contributed by atoms with Crippen molar-refractivity contribution in [2.24, 2.45) is 0 Å². The largest absolute Gasteiger partial charge is 0.468 e. The van der Waals surface area contributed by atoms with Crippen LogP contribution >= 0.6 is 22.9 Å². The molecule has 0 bridgehead atoms. The van der Waals surface area contributed by atoms with Crippen LogP contribution in [0.5, 0.6) is 0 Å². The molecule has 3 rings (SSSR count). The number of nitrogens with one attached hydrogen (secondary N) is 1. The summed E-state index contributed by atoms with van der Waals surface area (Å²) in [4.78, 5) is 17.1. The van der Waals surface area contributed by atoms with E-state index in [9.17, 15) is 4.79 Å². The van der Waals surface area contributed by atoms with Gasteiger partial charge in [-0.2, -0.15) is 0 Å². The van der Waals surface area contributed by atoms with Crippen molar-refractivity contribution in [1.29, 1.82) is 0 Å². The van der Waals surface area contributed by atoms with Crippen LogP contribution in [0.1, 0.15) is 21.9 Å². The minimum atomic E-state index is -0.0510. The summed E-state index contributed by atoms with van der Waals surface area (Å²) >= 11 is 7.88. The van der Waals surface area contributed by atoms with Crippen LogP contribution in [0.4, 0.5) is 5.69 Å². The molecule has 26 heavy (non-hydrogen) atoms. The Balaban J connectivity index is 1.59. The third-order valence-corrected chi connectivity index (χ3v) is 5.25. The molecule has 0 saturated heterocycles. The molecule has 2 heterocycles. The number of halogens is 1. The molecule has 0 unspecified atom stereocenters. The van der Waals surface area contributed by atoms with Crippen LogP contribution in [0.15, 0.2) is 59.2 Å². The van der Waals surface area contributed by atoms with Gasteiger partial charge in [0.2, 0.25) is 5.91 Å². The fourth-order valence-corrected chi connectivity index (χ4v) is 3.78. The van der Waals surface area contributed by atoms with Crippen molar-refractivity contribution in [3.05, 3.63) is 75.3 Å². The molecule has 4 nitrogen and oxygen atoms in total. The zero-order valence-electron chi connectivity index (χ0n) is 14.6. The lowest BCUT2D eigenvalue weighted by Crippen LogP contribution is -2.27. The first kappa shape index (κ1) is 18.7. The molecule has 1 N–H and O–H groups in total. The van der Waals surface area contributed by atoms with E-state index >= 15 is 0 Å². The van der Waals surface area contributed by atoms with Gasteiger partial charge in [-0.05, 0) is 43.3 Å². The topological polar surface area (TPSA) is 45.5 Å². The molecular weight excluding hydrogens is 368 g/mol. The number of benzene rings is 1. The van der Waals surface area contributed by atoms with Gasteiger partial charge in [-0.25, -0.2) is 0 Å². The van der Waals surface area contributed by atoms with E-state index in [0.29, 0.717) is 30.2 Å². The molecule has 1 amide bonds. The van der Waals surface area contributed by atoms with Gasteiger partial charge < -0.3 is 9.73 Å². The van der Waals surface area contributed by atoms with Crippen molar-refractivity contribution < 1.29 is 9.21 Å². The number of nitrogens with zero attached hydrogens (tertiary/aromatic N) is 1. The maximum atomic E-state index is 12.3. The number of rotatable bonds is 8. The molecule has 1 aromatic carbocycles. The number of hydrogen-bond donors (Lipinski definition) is 1. The highest BCUT2D eigenvalue weighted by atomic mass is 35.5. The fraction of sp³-hybridized carbons (Fsp3) is 0.250. The van der Waals surface area contributed by atoms with Gasteiger partial charge in [-0.1, -0.05) is 23.7 Å². The predicted octanol–water partition coefficient (Wildman–Crippen LogP) is 5.33. The Morgan fingerprint density at radius 1 is 1.15 bits per heavy atom. The molecule has 0 atom stereocenters. The van der Waals surface area contributed by atoms with Crippen molar-refractivity contribution in [2.75, 3.05) is 11.9 Å². The lowest BCUT2D eigenvalue weighted by molar-refractivity contribution is -0.116. The molecule has 6 heteroatoms. The number of anilines is 1. The highest BCUT2D eigenvalue weighted by molar-refractivity contribution is 7.11. The number of carbonyl (C=O) groups excluding carboxylic acids is 1. The van der Waals surface area contributed by atoms with E-state index in [4.69, 9.17) is 16.0 Å². The van der Waals surface area contributed by atoms with Gasteiger partial charge >= 0.3 is 0 Å². The molecule has 0 saturated carbocycles. The number of amides is 1. The number of aryl methyl sites for hydroxylation is 1. The highest BCUT2D eigenvalue weighted by Gasteiger charge is 2.13. The third-order valence-electron chi connectivity index (χ3n) is 3.94. The number of thiophene rings is 1. The standard InChI is InChI=1S/C20H21ClN2O2S/c1-15-8-9-17(26-15)14-23(13-16-5-4-12-25-16)11-10-20(24)22-19-7-3-2-6-18(19)21/h2-9,12H,10-11,13-14H2,1H3,(H,22,24). The Labute approximate surface area is 162 Å². The second-order valence-corrected chi connectivity index (χ2v) is 7.86. The Morgan fingerprint density at radius 3 is 2.69 bits per heavy atom. The lowest BCUT2D eigenvalue weighted by atomic mass is 10.2. The zero-order chi connectivity index (χ0) is 18.4. The molecule has 3 aromatic rings. The number of para-hydroxylation sites is 1. The average molecular weight is 389 g/mol. The first-order valence-corrected chi connectivity index (χ1v) is 9.64. The summed E-state index contributed by atoms with van der Waals surface area (Å²) in [6.07, 6.45) is 2.06. The second kappa shape index (κ2) is 9.03. The molecule has 136 valence electrons. The van der Waals surface area contributed by atoms with E-state index in [1.54, 1.807) is 29.7 Å². The van der Waals surface area contributed by atoms with E-state index in [2.05, 4.69) is 29.3 Å². The average Bonchev–Trinajstić information content (AvgIpc) is 3.27. The SMILES string of the molecule is Cc1ccc(CN(CCC(=O)Nc2ccccc2Cl)Cc2ccco2)s1. The van der Waals surface area contributed by atoms with Gasteiger partial charge in [-0.15, -0.1) is 11.3 Å². The molecule has 0 aliphatic rings. The summed E-state index contributed by atoms with van der Waals surface area (Å²) in [6, 6.07) is 15.3. The van der Waals surface area contributed by atoms with Gasteiger partial charge in [-0.3, -0.25) is 9.69 Å². The van der Waals surface area contributed by atoms with E-state index in [1.807, 2.05) is 24.3 Å². The monoisotopic (exact) mass is 388 g/mol. The van der Waals surface area contributed by atoms with Crippen molar-refractivity contribution in [2.45, 2.75) is 26.4 Å². The minimum absolute atomic E-state index is 0.0510. The van der Waals surface area contributed by atoms with E-state index in [0.717, 1.165) is 12.3 Å². The second-order valence-electron chi connectivity index (χ2n) is 6.08. The van der Waals surface area contributed by atoms with E-state index in [-0.39, 0.29) is 5.91 Å². The van der Waals surface area contributed by atoms with Crippen LogP contribution in [0.3, 0.4) is 0 Å². The summed E-state index contributed by atoms with van der Waals surface area (Å²) in [6.45, 7) is 4.19. The van der Waals surface area contributed by atoms with Crippen molar-refractivity contribution in [3.63, 3.8) is 0 Å². The van der Waals surface area contributed by atoms with Gasteiger partial charge in [0.1, 0.15) is 5.76 Å². The lowest BCUT2D eigenvalue weighted by Gasteiger charge is -2.20. The van der Waals surface area contributed by atoms with Crippen LogP contribution in [0, 0.1) is 6.92 Å².